The van der Waals surface area contributed by atoms with Crippen LogP contribution in [0.2, 0.25) is 5.02 Å². The fourth-order valence-corrected chi connectivity index (χ4v) is 12.0. The third-order valence-corrected chi connectivity index (χ3v) is 18.8. The van der Waals surface area contributed by atoms with Crippen molar-refractivity contribution in [3.05, 3.63) is 314 Å². The van der Waals surface area contributed by atoms with Crippen LogP contribution in [0.5, 0.6) is 0 Å². The van der Waals surface area contributed by atoms with Gasteiger partial charge in [-0.3, -0.25) is 48.8 Å². The Morgan fingerprint density at radius 2 is 1.02 bits per heavy atom. The van der Waals surface area contributed by atoms with E-state index in [0.29, 0.717) is 51.2 Å². The second-order valence-electron chi connectivity index (χ2n) is 28.8. The van der Waals surface area contributed by atoms with Gasteiger partial charge in [0.15, 0.2) is 23.4 Å². The Balaban J connectivity index is 0.000000388. The minimum atomic E-state index is -1.33. The maximum atomic E-state index is 12.3. The summed E-state index contributed by atoms with van der Waals surface area (Å²) in [4.78, 5) is 149. The summed E-state index contributed by atoms with van der Waals surface area (Å²) in [5.41, 5.74) is 24.5. The Labute approximate surface area is 796 Å². The number of carboxylic acid groups (broad SMARTS) is 4. The van der Waals surface area contributed by atoms with Crippen LogP contribution < -0.4 is 79.3 Å². The average molecular weight is 1880 g/mol. The Bertz CT molecular complexity index is 5750. The van der Waals surface area contributed by atoms with Crippen LogP contribution >= 0.6 is 23.2 Å². The van der Waals surface area contributed by atoms with Crippen LogP contribution in [0, 0.1) is 0 Å². The molecule has 133 heavy (non-hydrogen) atoms. The van der Waals surface area contributed by atoms with Gasteiger partial charge in [-0.25, -0.2) is 28.8 Å². The molecule has 36 nitrogen and oxygen atoms in total. The number of anilines is 5. The van der Waals surface area contributed by atoms with Gasteiger partial charge < -0.3 is 105 Å². The molecule has 10 aromatic carbocycles. The number of H-pyrrole nitrogens is 1. The summed E-state index contributed by atoms with van der Waals surface area (Å²) in [6.45, 7) is 5.84. The zero-order valence-electron chi connectivity index (χ0n) is 72.8. The first-order valence-corrected chi connectivity index (χ1v) is 40.6. The monoisotopic (exact) mass is 1880 g/mol. The second-order valence-corrected chi connectivity index (χ2v) is 29.6. The molecule has 40 heteroatoms. The number of ether oxygens (including phenoxy) is 2. The summed E-state index contributed by atoms with van der Waals surface area (Å²) in [5.74, 6) is -7.14. The number of aliphatic hydroxyl groups excluding tert-OH is 5. The predicted octanol–water partition coefficient (Wildman–Crippen LogP) is 5.01. The average Bonchev–Trinajstić information content (AvgIpc) is 1.76. The Morgan fingerprint density at radius 3 is 1.51 bits per heavy atom. The van der Waals surface area contributed by atoms with Crippen molar-refractivity contribution in [2.24, 2.45) is 5.73 Å². The molecule has 1 fully saturated rings. The van der Waals surface area contributed by atoms with Crippen molar-refractivity contribution >= 4 is 145 Å². The van der Waals surface area contributed by atoms with Crippen molar-refractivity contribution in [1.29, 1.82) is 0 Å². The van der Waals surface area contributed by atoms with Crippen molar-refractivity contribution in [3.63, 3.8) is 0 Å². The third kappa shape index (κ3) is 36.5. The molecule has 0 bridgehead atoms. The molecule has 4 aliphatic heterocycles. The number of aromatic amines is 1. The van der Waals surface area contributed by atoms with Gasteiger partial charge in [-0.05, 0) is 157 Å². The summed E-state index contributed by atoms with van der Waals surface area (Å²) < 4.78 is 14.6. The van der Waals surface area contributed by atoms with Crippen molar-refractivity contribution in [2.45, 2.75) is 82.5 Å². The quantitative estimate of drug-likeness (QED) is 0.0386. The van der Waals surface area contributed by atoms with E-state index < -0.39 is 127 Å². The van der Waals surface area contributed by atoms with Crippen LogP contribution in [0.3, 0.4) is 0 Å². The molecule has 0 spiro atoms. The van der Waals surface area contributed by atoms with Gasteiger partial charge >= 0.3 is 60.2 Å². The Morgan fingerprint density at radius 1 is 0.541 bits per heavy atom. The molecule has 0 aliphatic carbocycles. The zero-order chi connectivity index (χ0) is 96.3. The number of nitrogens with one attached hydrogen (secondary N) is 7. The Kier molecular flexibility index (Phi) is 48.2. The summed E-state index contributed by atoms with van der Waals surface area (Å²) in [7, 11) is 0. The summed E-state index contributed by atoms with van der Waals surface area (Å²) in [6, 6.07) is 67.5. The van der Waals surface area contributed by atoms with E-state index in [1.807, 2.05) is 127 Å². The number of carboxylic acids is 4. The molecule has 15 rings (SSSR count). The van der Waals surface area contributed by atoms with E-state index >= 15 is 0 Å². The molecule has 4 aliphatic rings. The molecule has 1 aromatic heterocycles. The maximum absolute atomic E-state index is 12.3. The van der Waals surface area contributed by atoms with Crippen LogP contribution in [0.25, 0.3) is 33.2 Å². The molecule has 11 aromatic rings. The SMILES string of the molecule is C1CCOC1.CC(C)(C)OC(=O)N1Cc2ccccc2NC(=O)[C@H]1CO.N[C@H](CO)C(=O)O.Nc1ccc(C(=O)O)c(Cl)c1.Nc1ccccc1C(=O)N[C@H](CO)C(=O)O.O=C(Cl)c1ccccc1-c1ccccc1.O=C(O)c1ccccc1-c1ccccc1.O=C1N[C@H](CO)C(=O)Nc2ccccc21.O=C1Nc2ccccc2CN[C@@H]1CO.O=c1[nH]c2ccccc2c(=O)o1.[AlH3].[H-].[Li+]. The molecule has 22 N–H and O–H groups in total. The number of para-hydroxylation sites is 5. The molecule has 1 saturated heterocycles. The molecule has 0 saturated carbocycles. The van der Waals surface area contributed by atoms with Crippen LogP contribution in [-0.4, -0.2) is 220 Å². The van der Waals surface area contributed by atoms with Crippen LogP contribution in [-0.2, 0) is 46.5 Å². The third-order valence-electron chi connectivity index (χ3n) is 18.2. The number of nitrogen functional groups attached to an aromatic ring is 2. The van der Waals surface area contributed by atoms with Gasteiger partial charge in [0.25, 0.3) is 17.1 Å². The van der Waals surface area contributed by atoms with Gasteiger partial charge in [-0.15, -0.1) is 0 Å². The number of benzene rings is 10. The first kappa shape index (κ1) is 112. The number of carbonyl (C=O) groups excluding carboxylic acids is 7. The number of fused-ring (bicyclic) bond motifs is 4. The van der Waals surface area contributed by atoms with Crippen molar-refractivity contribution < 1.29 is 133 Å². The number of rotatable bonds is 14. The van der Waals surface area contributed by atoms with Gasteiger partial charge in [0.1, 0.15) is 29.8 Å². The minimum Gasteiger partial charge on any atom is -1.00 e. The molecule has 0 radical (unpaired) electrons. The van der Waals surface area contributed by atoms with E-state index in [0.717, 1.165) is 52.3 Å². The van der Waals surface area contributed by atoms with Gasteiger partial charge in [0, 0.05) is 48.1 Å². The number of hydrogen-bond donors (Lipinski definition) is 19. The molecular weight excluding hydrogens is 1780 g/mol. The smallest absolute Gasteiger partial charge is 1.00 e. The molecule has 5 atom stereocenters. The van der Waals surface area contributed by atoms with Crippen molar-refractivity contribution in [1.82, 2.24) is 25.8 Å². The van der Waals surface area contributed by atoms with E-state index in [-0.39, 0.29) is 84.5 Å². The van der Waals surface area contributed by atoms with E-state index in [9.17, 15) is 67.4 Å². The number of carbonyl (C=O) groups is 11. The topological polar surface area (TPSA) is 605 Å². The molecular formula is C93H103AlCl2LiN11O25. The van der Waals surface area contributed by atoms with Gasteiger partial charge in [0.2, 0.25) is 17.7 Å². The number of nitrogens with zero attached hydrogens (tertiary/aromatic N) is 1. The number of aliphatic hydroxyl groups is 5. The van der Waals surface area contributed by atoms with Crippen LogP contribution in [0.4, 0.5) is 33.2 Å². The van der Waals surface area contributed by atoms with Crippen molar-refractivity contribution in [2.75, 3.05) is 73.7 Å². The summed E-state index contributed by atoms with van der Waals surface area (Å²) in [6.07, 6.45) is 1.94. The Hall–Kier alpha value is -13.7. The number of hydrogen-bond acceptors (Lipinski definition) is 25. The maximum Gasteiger partial charge on any atom is 1.00 e. The van der Waals surface area contributed by atoms with E-state index in [4.69, 9.17) is 90.7 Å². The predicted molar refractivity (Wildman–Crippen MR) is 501 cm³/mol. The number of nitrogens with two attached hydrogens (primary N) is 3. The number of amides is 6. The minimum absolute atomic E-state index is 0. The fourth-order valence-electron chi connectivity index (χ4n) is 11.6. The van der Waals surface area contributed by atoms with E-state index in [2.05, 4.69) is 41.3 Å². The largest absolute Gasteiger partial charge is 1.00 e. The molecule has 698 valence electrons. The molecule has 0 unspecified atom stereocenters. The summed E-state index contributed by atoms with van der Waals surface area (Å²) in [5, 5.41) is 93.9. The first-order valence-electron chi connectivity index (χ1n) is 39.9. The number of halogens is 2. The molecule has 5 heterocycles. The van der Waals surface area contributed by atoms with Crippen LogP contribution in [0.15, 0.2) is 263 Å². The second kappa shape index (κ2) is 57.5. The molecule has 6 amide bonds. The van der Waals surface area contributed by atoms with Gasteiger partial charge in [-0.2, -0.15) is 0 Å². The van der Waals surface area contributed by atoms with Gasteiger partial charge in [-0.1, -0.05) is 181 Å². The normalized spacial score (nSPS) is 14.4. The fraction of sp³-hybridized carbons (Fsp3) is 0.215. The number of aromatic nitrogens is 1. The number of aromatic carboxylic acids is 2. The van der Waals surface area contributed by atoms with E-state index in [1.165, 1.54) is 48.1 Å². The standard InChI is InChI=1S/C15H20N2O4.C13H9ClO.C13H10O2.C10H12N2O4.C10H10N2O3.C10H12N2O2.C8H5NO3.C7H6ClNO2.C4H8O.C3H7NO3.Al.Li.4H/c1-15(2,3)21-14(20)17-8-10-6-4-5-7-11(10)16-13(19)12(17)9-18;2*14-13(15)12-9-5-4-8-11(12)10-6-2-1-3-7-10;11-7-4-2-1-3-6(7)9(14)12-8(5-13)10(15)16;13-5-8-10(15)11-7-4-2-1-3-6(7)9(14)12-8;13-6-9-10(14)12-8-4-2-1-3-7(8)5-11-9;10-7-5-3-1-2-4-6(5)9-8(11)12-7;8-6-3-4(9)1-2-5(6)7(10)11;1-2-4-5-3-1;4-2(1-5)3(6)7;;;;;;/h4-7,12,18H,8-9H2,1-3H3,(H,16,19);1-9H;1-9H,(H,14,15);1-4,8,13H,5,11H2,(H,12,14)(H,15,16);1-4,8,13H,5H2,(H,11,15)(H,12,14);1-4,9,11,13H,5-6H2,(H,12,14);1-4H,(H,9,11);1-3H,9H2,(H,10,11);1-4H2;2,5H,1,4H2,(H,6,7);;;;;;/q;;;;;;;;;;;+1;;;;-1/t12-;;;2*8-;9-;;;;2-;;;;;;/m1..111...1....../s1. The first-order chi connectivity index (χ1) is 62.5. The number of aliphatic carboxylic acids is 2. The summed E-state index contributed by atoms with van der Waals surface area (Å²) >= 11 is 11.1. The van der Waals surface area contributed by atoms with Crippen molar-refractivity contribution in [3.8, 4) is 22.3 Å². The van der Waals surface area contributed by atoms with E-state index in [1.54, 1.807) is 112 Å². The van der Waals surface area contributed by atoms with Gasteiger partial charge in [0.05, 0.1) is 83.4 Å². The van der Waals surface area contributed by atoms with Crippen LogP contribution in [0.1, 0.15) is 98.0 Å². The zero-order valence-corrected chi connectivity index (χ0v) is 73.3.